The molecule has 0 saturated carbocycles. The molecule has 0 aromatic carbocycles. The van der Waals surface area contributed by atoms with Crippen LogP contribution in [-0.2, 0) is 0 Å². The predicted molar refractivity (Wildman–Crippen MR) is 54.6 cm³/mol. The van der Waals surface area contributed by atoms with Gasteiger partial charge in [-0.25, -0.2) is 0 Å². The first-order chi connectivity index (χ1) is 5.70. The third kappa shape index (κ3) is 9.14. The standard InChI is InChI=1S/C8H13NO.C2H6/c1-3-5-7(4-2)6-8(9)10;1-2/h3-5,8,10H,1-2,6,9H2;1-2H3/b7-5+;. The molecule has 0 aliphatic heterocycles. The number of nitrogens with two attached hydrogens (primary N) is 1. The normalized spacial score (nSPS) is 12.5. The van der Waals surface area contributed by atoms with Gasteiger partial charge in [0.2, 0.25) is 0 Å². The molecule has 0 bridgehead atoms. The Morgan fingerprint density at radius 3 is 2.25 bits per heavy atom. The Morgan fingerprint density at radius 2 is 2.00 bits per heavy atom. The van der Waals surface area contributed by atoms with Crippen LogP contribution in [0.4, 0.5) is 0 Å². The van der Waals surface area contributed by atoms with Gasteiger partial charge >= 0.3 is 0 Å². The van der Waals surface area contributed by atoms with Gasteiger partial charge in [0.15, 0.2) is 0 Å². The van der Waals surface area contributed by atoms with Crippen molar-refractivity contribution in [3.05, 3.63) is 37.0 Å². The van der Waals surface area contributed by atoms with Crippen molar-refractivity contribution < 1.29 is 5.11 Å². The van der Waals surface area contributed by atoms with E-state index in [4.69, 9.17) is 10.8 Å². The summed E-state index contributed by atoms with van der Waals surface area (Å²) in [6, 6.07) is 0. The highest BCUT2D eigenvalue weighted by molar-refractivity contribution is 5.21. The molecule has 2 heteroatoms. The molecule has 2 nitrogen and oxygen atoms in total. The van der Waals surface area contributed by atoms with Crippen molar-refractivity contribution in [1.29, 1.82) is 0 Å². The first-order valence-corrected chi connectivity index (χ1v) is 4.08. The molecule has 0 fully saturated rings. The summed E-state index contributed by atoms with van der Waals surface area (Å²) >= 11 is 0. The highest BCUT2D eigenvalue weighted by Crippen LogP contribution is 2.03. The zero-order valence-corrected chi connectivity index (χ0v) is 7.96. The van der Waals surface area contributed by atoms with E-state index in [0.717, 1.165) is 5.57 Å². The van der Waals surface area contributed by atoms with E-state index in [1.807, 2.05) is 13.8 Å². The highest BCUT2D eigenvalue weighted by atomic mass is 16.3. The molecule has 0 saturated heterocycles. The molecule has 1 unspecified atom stereocenters. The van der Waals surface area contributed by atoms with Crippen LogP contribution in [0.3, 0.4) is 0 Å². The zero-order chi connectivity index (χ0) is 9.98. The summed E-state index contributed by atoms with van der Waals surface area (Å²) in [4.78, 5) is 0. The number of hydrogen-bond acceptors (Lipinski definition) is 2. The van der Waals surface area contributed by atoms with E-state index < -0.39 is 6.23 Å². The number of aliphatic hydroxyl groups excluding tert-OH is 1. The van der Waals surface area contributed by atoms with Crippen molar-refractivity contribution in [1.82, 2.24) is 0 Å². The van der Waals surface area contributed by atoms with Gasteiger partial charge in [0.25, 0.3) is 0 Å². The second-order valence-electron chi connectivity index (χ2n) is 1.95. The SMILES string of the molecule is C=C/C=C(\C=C)CC(N)O.CC. The van der Waals surface area contributed by atoms with E-state index in [9.17, 15) is 0 Å². The Hall–Kier alpha value is -0.860. The third-order valence-corrected chi connectivity index (χ3v) is 1.04. The molecule has 1 atom stereocenters. The summed E-state index contributed by atoms with van der Waals surface area (Å²) < 4.78 is 0. The molecule has 0 aromatic rings. The van der Waals surface area contributed by atoms with Crippen LogP contribution in [0.5, 0.6) is 0 Å². The van der Waals surface area contributed by atoms with E-state index in [2.05, 4.69) is 13.2 Å². The van der Waals surface area contributed by atoms with Crippen molar-refractivity contribution in [2.45, 2.75) is 26.5 Å². The molecule has 0 aromatic heterocycles. The van der Waals surface area contributed by atoms with E-state index >= 15 is 0 Å². The fourth-order valence-electron chi connectivity index (χ4n) is 0.612. The molecule has 3 N–H and O–H groups in total. The summed E-state index contributed by atoms with van der Waals surface area (Å²) in [6.07, 6.45) is 4.68. The zero-order valence-electron chi connectivity index (χ0n) is 7.96. The fraction of sp³-hybridized carbons (Fsp3) is 0.400. The van der Waals surface area contributed by atoms with Gasteiger partial charge in [0.05, 0.1) is 0 Å². The second kappa shape index (κ2) is 10.1. The Bertz CT molecular complexity index is 148. The van der Waals surface area contributed by atoms with Gasteiger partial charge < -0.3 is 10.8 Å². The van der Waals surface area contributed by atoms with Crippen molar-refractivity contribution in [2.75, 3.05) is 0 Å². The first kappa shape index (κ1) is 13.7. The first-order valence-electron chi connectivity index (χ1n) is 4.08. The monoisotopic (exact) mass is 169 g/mol. The van der Waals surface area contributed by atoms with Gasteiger partial charge in [-0.3, -0.25) is 0 Å². The average molecular weight is 169 g/mol. The summed E-state index contributed by atoms with van der Waals surface area (Å²) in [6.45, 7) is 11.1. The van der Waals surface area contributed by atoms with Gasteiger partial charge in [0.1, 0.15) is 6.23 Å². The van der Waals surface area contributed by atoms with Crippen LogP contribution in [-0.4, -0.2) is 11.3 Å². The molecule has 12 heavy (non-hydrogen) atoms. The topological polar surface area (TPSA) is 46.2 Å². The van der Waals surface area contributed by atoms with Gasteiger partial charge in [-0.15, -0.1) is 0 Å². The average Bonchev–Trinajstić information content (AvgIpc) is 2.07. The second-order valence-corrected chi connectivity index (χ2v) is 1.95. The van der Waals surface area contributed by atoms with Crippen molar-refractivity contribution in [3.63, 3.8) is 0 Å². The third-order valence-electron chi connectivity index (χ3n) is 1.04. The van der Waals surface area contributed by atoms with E-state index in [-0.39, 0.29) is 0 Å². The molecule has 70 valence electrons. The maximum atomic E-state index is 8.74. The lowest BCUT2D eigenvalue weighted by Crippen LogP contribution is -2.18. The van der Waals surface area contributed by atoms with Gasteiger partial charge in [0, 0.05) is 6.42 Å². The van der Waals surface area contributed by atoms with E-state index in [1.54, 1.807) is 18.2 Å². The van der Waals surface area contributed by atoms with Gasteiger partial charge in [-0.05, 0) is 5.57 Å². The molecule has 0 aliphatic carbocycles. The van der Waals surface area contributed by atoms with Crippen LogP contribution in [0.15, 0.2) is 37.0 Å². The number of rotatable bonds is 4. The van der Waals surface area contributed by atoms with Crippen molar-refractivity contribution >= 4 is 0 Å². The quantitative estimate of drug-likeness (QED) is 0.499. The Kier molecular flexibility index (Phi) is 11.6. The predicted octanol–water partition coefficient (Wildman–Crippen LogP) is 1.98. The van der Waals surface area contributed by atoms with Crippen LogP contribution >= 0.6 is 0 Å². The minimum Gasteiger partial charge on any atom is -0.378 e. The van der Waals surface area contributed by atoms with Crippen LogP contribution in [0, 0.1) is 0 Å². The minimum atomic E-state index is -0.802. The fourth-order valence-corrected chi connectivity index (χ4v) is 0.612. The van der Waals surface area contributed by atoms with Crippen LogP contribution in [0.25, 0.3) is 0 Å². The molecular weight excluding hydrogens is 150 g/mol. The molecule has 0 amide bonds. The van der Waals surface area contributed by atoms with Gasteiger partial charge in [-0.2, -0.15) is 0 Å². The molecule has 0 aliphatic rings. The molecule has 0 radical (unpaired) electrons. The lowest BCUT2D eigenvalue weighted by Gasteiger charge is -2.02. The number of hydrogen-bond donors (Lipinski definition) is 2. The number of allylic oxidation sites excluding steroid dienone is 3. The summed E-state index contributed by atoms with van der Waals surface area (Å²) in [5.41, 5.74) is 6.03. The van der Waals surface area contributed by atoms with E-state index in [1.165, 1.54) is 0 Å². The summed E-state index contributed by atoms with van der Waals surface area (Å²) in [5, 5.41) is 8.74. The van der Waals surface area contributed by atoms with Gasteiger partial charge in [-0.1, -0.05) is 45.2 Å². The lowest BCUT2D eigenvalue weighted by atomic mass is 10.1. The van der Waals surface area contributed by atoms with Crippen molar-refractivity contribution in [3.8, 4) is 0 Å². The highest BCUT2D eigenvalue weighted by Gasteiger charge is 1.96. The van der Waals surface area contributed by atoms with Crippen LogP contribution < -0.4 is 5.73 Å². The van der Waals surface area contributed by atoms with E-state index in [0.29, 0.717) is 6.42 Å². The Balaban J connectivity index is 0. The lowest BCUT2D eigenvalue weighted by molar-refractivity contribution is 0.184. The molecule has 0 rings (SSSR count). The summed E-state index contributed by atoms with van der Waals surface area (Å²) in [7, 11) is 0. The largest absolute Gasteiger partial charge is 0.378 e. The maximum absolute atomic E-state index is 8.74. The Morgan fingerprint density at radius 1 is 1.50 bits per heavy atom. The number of aliphatic hydroxyl groups is 1. The molecule has 0 spiro atoms. The smallest absolute Gasteiger partial charge is 0.106 e. The Labute approximate surface area is 75.1 Å². The van der Waals surface area contributed by atoms with Crippen LogP contribution in [0.1, 0.15) is 20.3 Å². The molecular formula is C10H19NO. The van der Waals surface area contributed by atoms with Crippen LogP contribution in [0.2, 0.25) is 0 Å². The minimum absolute atomic E-state index is 0.426. The molecule has 0 heterocycles. The van der Waals surface area contributed by atoms with Crippen molar-refractivity contribution in [2.24, 2.45) is 5.73 Å². The maximum Gasteiger partial charge on any atom is 0.106 e. The summed E-state index contributed by atoms with van der Waals surface area (Å²) in [5.74, 6) is 0.